The van der Waals surface area contributed by atoms with Crippen molar-refractivity contribution in [1.82, 2.24) is 10.2 Å². The Morgan fingerprint density at radius 3 is 2.32 bits per heavy atom. The molecule has 0 radical (unpaired) electrons. The van der Waals surface area contributed by atoms with E-state index in [2.05, 4.69) is 23.3 Å². The van der Waals surface area contributed by atoms with Crippen LogP contribution in [0.25, 0.3) is 6.08 Å². The summed E-state index contributed by atoms with van der Waals surface area (Å²) in [6.07, 6.45) is 7.02. The number of hydrogen-bond acceptors (Lipinski definition) is 5. The summed E-state index contributed by atoms with van der Waals surface area (Å²) in [4.78, 5) is 41.1. The Bertz CT molecular complexity index is 1180. The SMILES string of the molecule is C#CN(C(=O)C(CC(C)C)NC(=O)OC(C)(C)C)C(C(=O)Nc1ccc(OC)cc1)c1cccc(C=C)c1. The molecule has 8 heteroatoms. The summed E-state index contributed by atoms with van der Waals surface area (Å²) in [6.45, 7) is 12.8. The second kappa shape index (κ2) is 13.3. The van der Waals surface area contributed by atoms with Crippen LogP contribution in [-0.2, 0) is 14.3 Å². The van der Waals surface area contributed by atoms with Gasteiger partial charge in [0.2, 0.25) is 0 Å². The Hall–Kier alpha value is -4.25. The minimum absolute atomic E-state index is 0.0363. The van der Waals surface area contributed by atoms with Crippen LogP contribution in [0.1, 0.15) is 58.2 Å². The fourth-order valence-electron chi connectivity index (χ4n) is 3.73. The molecule has 0 aromatic heterocycles. The van der Waals surface area contributed by atoms with Crippen LogP contribution in [0.2, 0.25) is 0 Å². The third kappa shape index (κ3) is 8.70. The van der Waals surface area contributed by atoms with E-state index in [4.69, 9.17) is 15.9 Å². The zero-order valence-corrected chi connectivity index (χ0v) is 22.9. The number of anilines is 1. The number of methoxy groups -OCH3 is 1. The Balaban J connectivity index is 2.48. The van der Waals surface area contributed by atoms with Gasteiger partial charge in [-0.15, -0.1) is 0 Å². The molecule has 0 heterocycles. The third-order valence-corrected chi connectivity index (χ3v) is 5.40. The Morgan fingerprint density at radius 1 is 1.13 bits per heavy atom. The van der Waals surface area contributed by atoms with Crippen LogP contribution in [-0.4, -0.2) is 41.6 Å². The van der Waals surface area contributed by atoms with Crippen LogP contribution in [0.15, 0.2) is 55.1 Å². The minimum atomic E-state index is -1.19. The number of alkyl carbamates (subject to hydrolysis) is 1. The van der Waals surface area contributed by atoms with Crippen molar-refractivity contribution in [1.29, 1.82) is 0 Å². The van der Waals surface area contributed by atoms with Crippen LogP contribution >= 0.6 is 0 Å². The number of carbonyl (C=O) groups excluding carboxylic acids is 3. The van der Waals surface area contributed by atoms with E-state index >= 15 is 0 Å². The predicted octanol–water partition coefficient (Wildman–Crippen LogP) is 5.38. The quantitative estimate of drug-likeness (QED) is 0.325. The fourth-order valence-corrected chi connectivity index (χ4v) is 3.73. The van der Waals surface area contributed by atoms with Crippen molar-refractivity contribution >= 4 is 29.7 Å². The van der Waals surface area contributed by atoms with E-state index in [1.165, 1.54) is 0 Å². The predicted molar refractivity (Wildman–Crippen MR) is 149 cm³/mol. The van der Waals surface area contributed by atoms with Crippen LogP contribution in [0.4, 0.5) is 10.5 Å². The van der Waals surface area contributed by atoms with Gasteiger partial charge in [0.25, 0.3) is 11.8 Å². The lowest BCUT2D eigenvalue weighted by Crippen LogP contribution is -2.51. The first-order valence-electron chi connectivity index (χ1n) is 12.3. The molecule has 0 aliphatic carbocycles. The highest BCUT2D eigenvalue weighted by atomic mass is 16.6. The Labute approximate surface area is 225 Å². The average molecular weight is 520 g/mol. The highest BCUT2D eigenvalue weighted by molar-refractivity contribution is 5.99. The minimum Gasteiger partial charge on any atom is -0.497 e. The van der Waals surface area contributed by atoms with E-state index in [0.717, 1.165) is 10.5 Å². The standard InChI is InChI=1S/C30H37N3O5/c1-9-21-12-11-13-22(19-21)26(27(34)31-23-14-16-24(37-8)17-15-23)33(10-2)28(35)25(18-20(3)4)32-29(36)38-30(5,6)7/h2,9,11-17,19-20,25-26H,1,18H2,3-8H3,(H,31,34)(H,32,36). The summed E-state index contributed by atoms with van der Waals surface area (Å²) in [6, 6.07) is 14.0. The topological polar surface area (TPSA) is 97.0 Å². The summed E-state index contributed by atoms with van der Waals surface area (Å²) in [5.74, 6) is -0.466. The zero-order valence-electron chi connectivity index (χ0n) is 22.9. The van der Waals surface area contributed by atoms with Crippen molar-refractivity contribution in [2.45, 2.75) is 58.7 Å². The summed E-state index contributed by atoms with van der Waals surface area (Å²) in [5, 5.41) is 5.47. The van der Waals surface area contributed by atoms with Gasteiger partial charge in [-0.1, -0.05) is 51.1 Å². The molecule has 3 amide bonds. The molecule has 0 saturated carbocycles. The van der Waals surface area contributed by atoms with Gasteiger partial charge in [-0.25, -0.2) is 4.79 Å². The van der Waals surface area contributed by atoms with Crippen molar-refractivity contribution in [2.75, 3.05) is 12.4 Å². The zero-order chi connectivity index (χ0) is 28.5. The maximum absolute atomic E-state index is 13.8. The number of hydrogen-bond donors (Lipinski definition) is 2. The Kier molecular flexibility index (Phi) is 10.5. The molecule has 0 saturated heterocycles. The maximum Gasteiger partial charge on any atom is 0.408 e. The first-order chi connectivity index (χ1) is 17.9. The number of nitrogens with one attached hydrogen (secondary N) is 2. The normalized spacial score (nSPS) is 12.5. The van der Waals surface area contributed by atoms with Gasteiger partial charge in [0.05, 0.1) is 7.11 Å². The second-order valence-electron chi connectivity index (χ2n) is 10.2. The van der Waals surface area contributed by atoms with Crippen LogP contribution < -0.4 is 15.4 Å². The lowest BCUT2D eigenvalue weighted by Gasteiger charge is -2.31. The molecular weight excluding hydrogens is 482 g/mol. The summed E-state index contributed by atoms with van der Waals surface area (Å²) in [5.41, 5.74) is 0.975. The monoisotopic (exact) mass is 519 g/mol. The number of terminal acetylenes is 1. The number of amides is 3. The number of benzene rings is 2. The van der Waals surface area contributed by atoms with Crippen LogP contribution in [0.3, 0.4) is 0 Å². The van der Waals surface area contributed by atoms with Crippen LogP contribution in [0.5, 0.6) is 5.75 Å². The molecule has 8 nitrogen and oxygen atoms in total. The molecule has 2 unspecified atom stereocenters. The average Bonchev–Trinajstić information content (AvgIpc) is 2.85. The molecule has 2 rings (SSSR count). The highest BCUT2D eigenvalue weighted by Crippen LogP contribution is 2.26. The van der Waals surface area contributed by atoms with Gasteiger partial charge in [0.15, 0.2) is 0 Å². The summed E-state index contributed by atoms with van der Waals surface area (Å²) < 4.78 is 10.5. The van der Waals surface area contributed by atoms with E-state index in [1.807, 2.05) is 19.9 Å². The number of carbonyl (C=O) groups is 3. The van der Waals surface area contributed by atoms with Gasteiger partial charge in [0.1, 0.15) is 23.4 Å². The van der Waals surface area contributed by atoms with Gasteiger partial charge in [-0.3, -0.25) is 14.5 Å². The molecule has 2 atom stereocenters. The smallest absolute Gasteiger partial charge is 0.408 e. The van der Waals surface area contributed by atoms with Gasteiger partial charge < -0.3 is 20.1 Å². The highest BCUT2D eigenvalue weighted by Gasteiger charge is 2.36. The van der Waals surface area contributed by atoms with Crippen LogP contribution in [0, 0.1) is 18.4 Å². The van der Waals surface area contributed by atoms with E-state index in [1.54, 1.807) is 76.4 Å². The first-order valence-corrected chi connectivity index (χ1v) is 12.3. The lowest BCUT2D eigenvalue weighted by atomic mass is 9.98. The van der Waals surface area contributed by atoms with E-state index in [0.29, 0.717) is 17.0 Å². The first kappa shape index (κ1) is 30.0. The fraction of sp³-hybridized carbons (Fsp3) is 0.367. The van der Waals surface area contributed by atoms with Crippen molar-refractivity contribution in [2.24, 2.45) is 5.92 Å². The summed E-state index contributed by atoms with van der Waals surface area (Å²) >= 11 is 0. The van der Waals surface area contributed by atoms with Crippen molar-refractivity contribution < 1.29 is 23.9 Å². The maximum atomic E-state index is 13.8. The van der Waals surface area contributed by atoms with Crippen molar-refractivity contribution in [3.63, 3.8) is 0 Å². The number of nitrogens with zero attached hydrogens (tertiary/aromatic N) is 1. The molecule has 2 N–H and O–H groups in total. The Morgan fingerprint density at radius 2 is 1.79 bits per heavy atom. The molecular formula is C30H37N3O5. The number of ether oxygens (including phenoxy) is 2. The van der Waals surface area contributed by atoms with E-state index < -0.39 is 35.6 Å². The summed E-state index contributed by atoms with van der Waals surface area (Å²) in [7, 11) is 1.55. The molecule has 0 fully saturated rings. The third-order valence-electron chi connectivity index (χ3n) is 5.40. The molecule has 0 bridgehead atoms. The molecule has 2 aromatic rings. The van der Waals surface area contributed by atoms with Crippen molar-refractivity contribution in [3.8, 4) is 18.2 Å². The number of rotatable bonds is 10. The van der Waals surface area contributed by atoms with Crippen molar-refractivity contribution in [3.05, 3.63) is 66.2 Å². The largest absolute Gasteiger partial charge is 0.497 e. The molecule has 0 spiro atoms. The van der Waals surface area contributed by atoms with Gasteiger partial charge in [0, 0.05) is 11.7 Å². The molecule has 202 valence electrons. The van der Waals surface area contributed by atoms with Gasteiger partial charge >= 0.3 is 6.09 Å². The molecule has 0 aliphatic rings. The van der Waals surface area contributed by atoms with Gasteiger partial charge in [-0.05, 0) is 74.6 Å². The molecule has 2 aromatic carbocycles. The molecule has 38 heavy (non-hydrogen) atoms. The van der Waals surface area contributed by atoms with E-state index in [-0.39, 0.29) is 12.3 Å². The lowest BCUT2D eigenvalue weighted by molar-refractivity contribution is -0.137. The van der Waals surface area contributed by atoms with E-state index in [9.17, 15) is 14.4 Å². The second-order valence-corrected chi connectivity index (χ2v) is 10.2. The molecule has 0 aliphatic heterocycles. The van der Waals surface area contributed by atoms with Gasteiger partial charge in [-0.2, -0.15) is 0 Å².